The molecule has 0 atom stereocenters. The van der Waals surface area contributed by atoms with E-state index in [2.05, 4.69) is 10.0 Å². The monoisotopic (exact) mass is 464 g/mol. The minimum atomic E-state index is -3.80. The second-order valence-corrected chi connectivity index (χ2v) is 8.86. The van der Waals surface area contributed by atoms with Gasteiger partial charge >= 0.3 is 0 Å². The second-order valence-electron chi connectivity index (χ2n) is 7.17. The topological polar surface area (TPSA) is 111 Å². The van der Waals surface area contributed by atoms with Crippen LogP contribution in [0.2, 0.25) is 0 Å². The molecule has 1 aliphatic heterocycles. The molecule has 1 heterocycles. The molecule has 0 bridgehead atoms. The summed E-state index contributed by atoms with van der Waals surface area (Å²) in [6.07, 6.45) is 2.85. The van der Waals surface area contributed by atoms with Gasteiger partial charge in [-0.25, -0.2) is 8.42 Å². The van der Waals surface area contributed by atoms with Crippen molar-refractivity contribution in [2.75, 3.05) is 16.8 Å². The van der Waals surface area contributed by atoms with Gasteiger partial charge in [0.2, 0.25) is 6.79 Å². The third kappa shape index (κ3) is 5.21. The lowest BCUT2D eigenvalue weighted by atomic mass is 10.1. The summed E-state index contributed by atoms with van der Waals surface area (Å²) in [5.41, 5.74) is 1.92. The van der Waals surface area contributed by atoms with Crippen LogP contribution >= 0.6 is 0 Å². The van der Waals surface area contributed by atoms with Gasteiger partial charge in [-0.3, -0.25) is 14.3 Å². The maximum Gasteiger partial charge on any atom is 0.261 e. The van der Waals surface area contributed by atoms with E-state index >= 15 is 0 Å². The molecule has 3 aromatic rings. The van der Waals surface area contributed by atoms with Crippen LogP contribution in [0.15, 0.2) is 83.9 Å². The van der Waals surface area contributed by atoms with Crippen LogP contribution in [0.1, 0.15) is 27.6 Å². The number of fused-ring (bicyclic) bond motifs is 1. The fourth-order valence-electron chi connectivity index (χ4n) is 3.08. The Morgan fingerprint density at radius 3 is 2.18 bits per heavy atom. The normalized spacial score (nSPS) is 12.5. The summed E-state index contributed by atoms with van der Waals surface area (Å²) in [6, 6.07) is 17.2. The number of carbonyl (C=O) groups excluding carboxylic acids is 2. The van der Waals surface area contributed by atoms with Gasteiger partial charge in [-0.05, 0) is 73.7 Å². The van der Waals surface area contributed by atoms with Gasteiger partial charge in [-0.1, -0.05) is 0 Å². The van der Waals surface area contributed by atoms with Gasteiger partial charge in [0.1, 0.15) is 0 Å². The number of benzene rings is 3. The van der Waals surface area contributed by atoms with Crippen molar-refractivity contribution in [3.8, 4) is 11.5 Å². The Morgan fingerprint density at radius 1 is 0.848 bits per heavy atom. The van der Waals surface area contributed by atoms with Crippen LogP contribution in [0.5, 0.6) is 11.5 Å². The largest absolute Gasteiger partial charge is 0.454 e. The third-order valence-electron chi connectivity index (χ3n) is 4.85. The number of nitrogens with one attached hydrogen (secondary N) is 2. The minimum Gasteiger partial charge on any atom is -0.454 e. The molecule has 0 aromatic heterocycles. The van der Waals surface area contributed by atoms with Crippen molar-refractivity contribution in [3.63, 3.8) is 0 Å². The van der Waals surface area contributed by atoms with Crippen molar-refractivity contribution in [3.05, 3.63) is 90.1 Å². The predicted octanol–water partition coefficient (Wildman–Crippen LogP) is 4.23. The second kappa shape index (κ2) is 9.17. The summed E-state index contributed by atoms with van der Waals surface area (Å²) < 4.78 is 38.2. The molecule has 0 unspecified atom stereocenters. The molecule has 0 saturated heterocycles. The third-order valence-corrected chi connectivity index (χ3v) is 6.25. The van der Waals surface area contributed by atoms with Gasteiger partial charge in [0.25, 0.3) is 10.0 Å². The number of ether oxygens (including phenoxy) is 2. The fraction of sp³-hybridized carbons (Fsp3) is 0.0833. The summed E-state index contributed by atoms with van der Waals surface area (Å²) in [5.74, 6) is 0.813. The zero-order valence-corrected chi connectivity index (χ0v) is 18.4. The quantitative estimate of drug-likeness (QED) is 0.379. The first-order valence-electron chi connectivity index (χ1n) is 9.93. The first kappa shape index (κ1) is 22.1. The van der Waals surface area contributed by atoms with Gasteiger partial charge in [0.05, 0.1) is 4.90 Å². The Balaban J connectivity index is 1.37. The van der Waals surface area contributed by atoms with Crippen LogP contribution in [-0.4, -0.2) is 26.8 Å². The van der Waals surface area contributed by atoms with Gasteiger partial charge in [-0.15, -0.1) is 0 Å². The highest BCUT2D eigenvalue weighted by Gasteiger charge is 2.16. The van der Waals surface area contributed by atoms with Crippen LogP contribution in [0.4, 0.5) is 11.4 Å². The average Bonchev–Trinajstić information content (AvgIpc) is 3.27. The van der Waals surface area contributed by atoms with E-state index in [0.717, 1.165) is 0 Å². The lowest BCUT2D eigenvalue weighted by molar-refractivity contribution is 0.101. The maximum atomic E-state index is 12.6. The minimum absolute atomic E-state index is 0.0733. The average molecular weight is 464 g/mol. The van der Waals surface area contributed by atoms with Crippen LogP contribution in [0.25, 0.3) is 0 Å². The van der Waals surface area contributed by atoms with E-state index in [0.29, 0.717) is 34.0 Å². The molecule has 0 fully saturated rings. The summed E-state index contributed by atoms with van der Waals surface area (Å²) in [7, 11) is -3.80. The Labute approximate surface area is 190 Å². The zero-order valence-electron chi connectivity index (χ0n) is 17.6. The molecule has 168 valence electrons. The highest BCUT2D eigenvalue weighted by atomic mass is 32.2. The first-order valence-corrected chi connectivity index (χ1v) is 11.4. The molecular weight excluding hydrogens is 444 g/mol. The van der Waals surface area contributed by atoms with E-state index in [4.69, 9.17) is 9.47 Å². The molecule has 33 heavy (non-hydrogen) atoms. The zero-order chi connectivity index (χ0) is 23.4. The first-order chi connectivity index (χ1) is 15.8. The molecule has 0 aliphatic carbocycles. The van der Waals surface area contributed by atoms with E-state index in [9.17, 15) is 18.0 Å². The molecule has 2 N–H and O–H groups in total. The molecule has 3 aromatic carbocycles. The van der Waals surface area contributed by atoms with Crippen LogP contribution in [0, 0.1) is 0 Å². The Kier molecular flexibility index (Phi) is 6.14. The summed E-state index contributed by atoms with van der Waals surface area (Å²) >= 11 is 0. The van der Waals surface area contributed by atoms with Gasteiger partial charge in [-0.2, -0.15) is 0 Å². The Morgan fingerprint density at radius 2 is 1.48 bits per heavy atom. The fourth-order valence-corrected chi connectivity index (χ4v) is 4.14. The molecule has 9 heteroatoms. The van der Waals surface area contributed by atoms with E-state index in [1.165, 1.54) is 43.5 Å². The van der Waals surface area contributed by atoms with Crippen molar-refractivity contribution in [2.24, 2.45) is 0 Å². The van der Waals surface area contributed by atoms with Crippen LogP contribution in [-0.2, 0) is 10.0 Å². The molecule has 0 amide bonds. The SMILES string of the molecule is CC(=O)c1ccc(NS(=O)(=O)c2ccc(N/C=C/C(=O)c3ccc4c(c3)OCO4)cc2)cc1. The van der Waals surface area contributed by atoms with Gasteiger partial charge in [0.15, 0.2) is 23.1 Å². The van der Waals surface area contributed by atoms with Crippen molar-refractivity contribution >= 4 is 33.0 Å². The Hall–Kier alpha value is -4.11. The standard InChI is InChI=1S/C24H20N2O6S/c1-16(27)17-2-5-20(6-3-17)26-33(29,30)21-9-7-19(8-10-21)25-13-12-22(28)18-4-11-23-24(14-18)32-15-31-23/h2-14,25-26H,15H2,1H3/b13-12+. The molecule has 1 aliphatic rings. The number of anilines is 2. The predicted molar refractivity (Wildman–Crippen MR) is 123 cm³/mol. The number of rotatable bonds is 8. The molecule has 0 spiro atoms. The molecule has 0 radical (unpaired) electrons. The number of sulfonamides is 1. The van der Waals surface area contributed by atoms with E-state index < -0.39 is 10.0 Å². The molecule has 0 saturated carbocycles. The number of Topliss-reactive ketones (excluding diaryl/α,β-unsaturated/α-hetero) is 1. The summed E-state index contributed by atoms with van der Waals surface area (Å²) in [4.78, 5) is 23.7. The maximum absolute atomic E-state index is 12.6. The number of allylic oxidation sites excluding steroid dienone is 1. The van der Waals surface area contributed by atoms with Gasteiger partial charge < -0.3 is 14.8 Å². The molecule has 4 rings (SSSR count). The number of carbonyl (C=O) groups is 2. The van der Waals surface area contributed by atoms with Crippen molar-refractivity contribution in [1.82, 2.24) is 0 Å². The number of hydrogen-bond acceptors (Lipinski definition) is 7. The lowest BCUT2D eigenvalue weighted by Crippen LogP contribution is -2.13. The van der Waals surface area contributed by atoms with E-state index in [-0.39, 0.29) is 23.3 Å². The van der Waals surface area contributed by atoms with Crippen molar-refractivity contribution in [1.29, 1.82) is 0 Å². The number of hydrogen-bond donors (Lipinski definition) is 2. The highest BCUT2D eigenvalue weighted by molar-refractivity contribution is 7.92. The van der Waals surface area contributed by atoms with Crippen LogP contribution < -0.4 is 19.5 Å². The highest BCUT2D eigenvalue weighted by Crippen LogP contribution is 2.32. The molecule has 8 nitrogen and oxygen atoms in total. The van der Waals surface area contributed by atoms with Gasteiger partial charge in [0, 0.05) is 34.8 Å². The lowest BCUT2D eigenvalue weighted by Gasteiger charge is -2.09. The van der Waals surface area contributed by atoms with E-state index in [1.54, 1.807) is 42.5 Å². The van der Waals surface area contributed by atoms with Crippen LogP contribution in [0.3, 0.4) is 0 Å². The number of ketones is 2. The summed E-state index contributed by atoms with van der Waals surface area (Å²) in [5, 5.41) is 2.94. The van der Waals surface area contributed by atoms with Crippen molar-refractivity contribution < 1.29 is 27.5 Å². The smallest absolute Gasteiger partial charge is 0.261 e. The Bertz CT molecular complexity index is 1330. The van der Waals surface area contributed by atoms with E-state index in [1.807, 2.05) is 0 Å². The summed E-state index contributed by atoms with van der Waals surface area (Å²) in [6.45, 7) is 1.58. The van der Waals surface area contributed by atoms with Crippen molar-refractivity contribution in [2.45, 2.75) is 11.8 Å². The molecular formula is C24H20N2O6S.